The molecule has 0 atom stereocenters. The molecule has 1 aromatic rings. The van der Waals surface area contributed by atoms with E-state index in [0.717, 1.165) is 0 Å². The van der Waals surface area contributed by atoms with Gasteiger partial charge in [-0.1, -0.05) is 31.4 Å². The van der Waals surface area contributed by atoms with Gasteiger partial charge in [-0.25, -0.2) is 9.59 Å². The summed E-state index contributed by atoms with van der Waals surface area (Å²) >= 11 is 0. The first kappa shape index (κ1) is 20.8. The average molecular weight is 351 g/mol. The van der Waals surface area contributed by atoms with Crippen LogP contribution in [0.25, 0.3) is 0 Å². The average Bonchev–Trinajstić information content (AvgIpc) is 2.52. The number of ether oxygens (including phenoxy) is 2. The van der Waals surface area contributed by atoms with Gasteiger partial charge in [-0.15, -0.1) is 0 Å². The second kappa shape index (κ2) is 9.91. The Morgan fingerprint density at radius 1 is 1.20 bits per heavy atom. The van der Waals surface area contributed by atoms with Crippen LogP contribution < -0.4 is 10.5 Å². The molecular formula is C19H29NO5. The van der Waals surface area contributed by atoms with Crippen LogP contribution in [-0.4, -0.2) is 29.4 Å². The van der Waals surface area contributed by atoms with Crippen LogP contribution in [0.2, 0.25) is 0 Å². The Balaban J connectivity index is 0.000000333. The molecule has 1 saturated carbocycles. The van der Waals surface area contributed by atoms with E-state index in [1.807, 2.05) is 18.2 Å². The SMILES string of the molecule is CC(C)(C)OC(N)=O.O=C(O)COc1cccc(C2CCCCC2)c1. The first-order valence-corrected chi connectivity index (χ1v) is 8.60. The number of benzene rings is 1. The van der Waals surface area contributed by atoms with Crippen molar-refractivity contribution in [2.45, 2.75) is 64.4 Å². The van der Waals surface area contributed by atoms with Crippen molar-refractivity contribution >= 4 is 12.1 Å². The standard InChI is InChI=1S/C14H18O3.C5H11NO2/c15-14(16)10-17-13-8-4-7-12(9-13)11-5-2-1-3-6-11;1-5(2,3)8-4(6)7/h4,7-9,11H,1-3,5-6,10H2,(H,15,16);1-3H3,(H2,6,7). The topological polar surface area (TPSA) is 98.9 Å². The van der Waals surface area contributed by atoms with Crippen LogP contribution in [0.4, 0.5) is 4.79 Å². The molecule has 1 amide bonds. The Kier molecular flexibility index (Phi) is 8.25. The molecule has 0 aliphatic heterocycles. The van der Waals surface area contributed by atoms with Gasteiger partial charge < -0.3 is 20.3 Å². The molecule has 140 valence electrons. The van der Waals surface area contributed by atoms with E-state index in [9.17, 15) is 9.59 Å². The number of primary amides is 1. The van der Waals surface area contributed by atoms with Gasteiger partial charge in [0, 0.05) is 0 Å². The monoisotopic (exact) mass is 351 g/mol. The van der Waals surface area contributed by atoms with Crippen molar-refractivity contribution in [3.63, 3.8) is 0 Å². The number of rotatable bonds is 4. The van der Waals surface area contributed by atoms with Crippen LogP contribution >= 0.6 is 0 Å². The highest BCUT2D eigenvalue weighted by Gasteiger charge is 2.16. The molecule has 1 fully saturated rings. The maximum atomic E-state index is 10.4. The lowest BCUT2D eigenvalue weighted by Gasteiger charge is -2.22. The smallest absolute Gasteiger partial charge is 0.405 e. The molecule has 6 heteroatoms. The van der Waals surface area contributed by atoms with Crippen molar-refractivity contribution in [3.05, 3.63) is 29.8 Å². The Labute approximate surface area is 149 Å². The number of nitrogens with two attached hydrogens (primary N) is 1. The minimum absolute atomic E-state index is 0.270. The number of carbonyl (C=O) groups excluding carboxylic acids is 1. The second-order valence-corrected chi connectivity index (χ2v) is 7.12. The van der Waals surface area contributed by atoms with Gasteiger partial charge in [0.05, 0.1) is 0 Å². The van der Waals surface area contributed by atoms with Crippen molar-refractivity contribution in [1.29, 1.82) is 0 Å². The maximum absolute atomic E-state index is 10.4. The van der Waals surface area contributed by atoms with E-state index in [0.29, 0.717) is 11.7 Å². The number of carbonyl (C=O) groups is 2. The number of carboxylic acids is 1. The first-order chi connectivity index (χ1) is 11.7. The third-order valence-electron chi connectivity index (χ3n) is 3.70. The van der Waals surface area contributed by atoms with E-state index in [4.69, 9.17) is 15.6 Å². The highest BCUT2D eigenvalue weighted by atomic mass is 16.6. The largest absolute Gasteiger partial charge is 0.482 e. The molecule has 1 aromatic carbocycles. The number of amides is 1. The summed E-state index contributed by atoms with van der Waals surface area (Å²) in [6, 6.07) is 7.86. The van der Waals surface area contributed by atoms with Crippen LogP contribution in [0.15, 0.2) is 24.3 Å². The van der Waals surface area contributed by atoms with Gasteiger partial charge in [-0.2, -0.15) is 0 Å². The zero-order chi connectivity index (χ0) is 18.9. The van der Waals surface area contributed by atoms with Crippen molar-refractivity contribution in [3.8, 4) is 5.75 Å². The Bertz CT molecular complexity index is 559. The minimum Gasteiger partial charge on any atom is -0.482 e. The zero-order valence-electron chi connectivity index (χ0n) is 15.3. The Morgan fingerprint density at radius 3 is 2.32 bits per heavy atom. The van der Waals surface area contributed by atoms with Crippen molar-refractivity contribution in [2.75, 3.05) is 6.61 Å². The number of hydrogen-bond donors (Lipinski definition) is 2. The Hall–Kier alpha value is -2.24. The van der Waals surface area contributed by atoms with Gasteiger partial charge in [0.25, 0.3) is 0 Å². The van der Waals surface area contributed by atoms with Gasteiger partial charge in [0.1, 0.15) is 11.4 Å². The molecule has 0 saturated heterocycles. The molecule has 0 unspecified atom stereocenters. The van der Waals surface area contributed by atoms with Crippen LogP contribution in [-0.2, 0) is 9.53 Å². The molecule has 0 radical (unpaired) electrons. The molecule has 0 spiro atoms. The summed E-state index contributed by atoms with van der Waals surface area (Å²) in [5.74, 6) is 0.348. The summed E-state index contributed by atoms with van der Waals surface area (Å²) < 4.78 is 9.78. The minimum atomic E-state index is -0.937. The molecule has 3 N–H and O–H groups in total. The van der Waals surface area contributed by atoms with Crippen LogP contribution in [0, 0.1) is 0 Å². The molecule has 0 heterocycles. The predicted molar refractivity (Wildman–Crippen MR) is 95.8 cm³/mol. The van der Waals surface area contributed by atoms with Crippen LogP contribution in [0.3, 0.4) is 0 Å². The highest BCUT2D eigenvalue weighted by molar-refractivity contribution is 5.68. The summed E-state index contributed by atoms with van der Waals surface area (Å²) in [4.78, 5) is 20.4. The summed E-state index contributed by atoms with van der Waals surface area (Å²) in [6.07, 6.45) is 5.68. The summed E-state index contributed by atoms with van der Waals surface area (Å²) in [6.45, 7) is 5.02. The van der Waals surface area contributed by atoms with Gasteiger partial charge in [-0.05, 0) is 57.2 Å². The number of carboxylic acid groups (broad SMARTS) is 1. The molecule has 0 bridgehead atoms. The van der Waals surface area contributed by atoms with Gasteiger partial charge >= 0.3 is 12.1 Å². The van der Waals surface area contributed by atoms with E-state index >= 15 is 0 Å². The lowest BCUT2D eigenvalue weighted by atomic mass is 9.84. The van der Waals surface area contributed by atoms with Crippen molar-refractivity contribution < 1.29 is 24.2 Å². The lowest BCUT2D eigenvalue weighted by molar-refractivity contribution is -0.139. The number of aliphatic carboxylic acids is 1. The third kappa shape index (κ3) is 9.59. The van der Waals surface area contributed by atoms with E-state index in [1.165, 1.54) is 37.7 Å². The summed E-state index contributed by atoms with van der Waals surface area (Å²) in [7, 11) is 0. The van der Waals surface area contributed by atoms with Gasteiger partial charge in [0.2, 0.25) is 0 Å². The lowest BCUT2D eigenvalue weighted by Crippen LogP contribution is -2.27. The molecule has 2 rings (SSSR count). The molecule has 6 nitrogen and oxygen atoms in total. The second-order valence-electron chi connectivity index (χ2n) is 7.12. The fourth-order valence-electron chi connectivity index (χ4n) is 2.74. The molecule has 25 heavy (non-hydrogen) atoms. The Morgan fingerprint density at radius 2 is 1.84 bits per heavy atom. The quantitative estimate of drug-likeness (QED) is 0.851. The van der Waals surface area contributed by atoms with Gasteiger partial charge in [-0.3, -0.25) is 0 Å². The number of hydrogen-bond acceptors (Lipinski definition) is 4. The fraction of sp³-hybridized carbons (Fsp3) is 0.579. The first-order valence-electron chi connectivity index (χ1n) is 8.60. The molecule has 1 aliphatic carbocycles. The zero-order valence-corrected chi connectivity index (χ0v) is 15.3. The fourth-order valence-corrected chi connectivity index (χ4v) is 2.74. The van der Waals surface area contributed by atoms with Crippen molar-refractivity contribution in [1.82, 2.24) is 0 Å². The van der Waals surface area contributed by atoms with E-state index < -0.39 is 17.7 Å². The third-order valence-corrected chi connectivity index (χ3v) is 3.70. The normalized spacial score (nSPS) is 14.8. The molecular weight excluding hydrogens is 322 g/mol. The molecule has 1 aliphatic rings. The maximum Gasteiger partial charge on any atom is 0.405 e. The van der Waals surface area contributed by atoms with Gasteiger partial charge in [0.15, 0.2) is 6.61 Å². The summed E-state index contributed by atoms with van der Waals surface area (Å²) in [5.41, 5.74) is 5.55. The van der Waals surface area contributed by atoms with Crippen LogP contribution in [0.5, 0.6) is 5.75 Å². The summed E-state index contributed by atoms with van der Waals surface area (Å²) in [5, 5.41) is 8.57. The van der Waals surface area contributed by atoms with E-state index in [2.05, 4.69) is 10.8 Å². The van der Waals surface area contributed by atoms with E-state index in [-0.39, 0.29) is 6.61 Å². The van der Waals surface area contributed by atoms with Crippen LogP contribution in [0.1, 0.15) is 64.4 Å². The molecule has 0 aromatic heterocycles. The highest BCUT2D eigenvalue weighted by Crippen LogP contribution is 2.33. The van der Waals surface area contributed by atoms with Crippen molar-refractivity contribution in [2.24, 2.45) is 5.73 Å². The van der Waals surface area contributed by atoms with E-state index in [1.54, 1.807) is 20.8 Å². The predicted octanol–water partition coefficient (Wildman–Crippen LogP) is 4.08.